The molecule has 0 aliphatic carbocycles. The Kier molecular flexibility index (Phi) is 3.74. The van der Waals surface area contributed by atoms with E-state index in [4.69, 9.17) is 4.74 Å². The predicted molar refractivity (Wildman–Crippen MR) is 68.9 cm³/mol. The average Bonchev–Trinajstić information content (AvgIpc) is 2.80. The van der Waals surface area contributed by atoms with E-state index in [0.29, 0.717) is 0 Å². The zero-order valence-corrected chi connectivity index (χ0v) is 10.8. The fraction of sp³-hybridized carbons (Fsp3) is 0.462. The monoisotopic (exact) mass is 252 g/mol. The Hall–Kier alpha value is -1.00. The van der Waals surface area contributed by atoms with Crippen molar-refractivity contribution < 1.29 is 14.8 Å². The van der Waals surface area contributed by atoms with E-state index >= 15 is 0 Å². The Morgan fingerprint density at radius 2 is 2.18 bits per heavy atom. The van der Waals surface area contributed by atoms with Crippen molar-refractivity contribution in [2.24, 2.45) is 0 Å². The molecule has 1 aromatic rings. The number of carbonyl (C=O) groups excluding carboxylic acids is 1. The third-order valence-electron chi connectivity index (χ3n) is 3.16. The predicted octanol–water partition coefficient (Wildman–Crippen LogP) is 0.710. The van der Waals surface area contributed by atoms with Crippen molar-refractivity contribution in [1.82, 2.24) is 0 Å². The highest BCUT2D eigenvalue weighted by molar-refractivity contribution is 7.81. The van der Waals surface area contributed by atoms with Crippen LogP contribution in [0.5, 0.6) is 0 Å². The number of quaternary nitrogens is 1. The van der Waals surface area contributed by atoms with Gasteiger partial charge in [0.15, 0.2) is 5.60 Å². The van der Waals surface area contributed by atoms with Crippen LogP contribution in [0.25, 0.3) is 0 Å². The minimum Gasteiger partial charge on any atom is -0.447 e. The zero-order valence-electron chi connectivity index (χ0n) is 9.93. The molecule has 0 aromatic heterocycles. The van der Waals surface area contributed by atoms with Gasteiger partial charge < -0.3 is 10.1 Å². The van der Waals surface area contributed by atoms with Crippen LogP contribution in [-0.4, -0.2) is 24.3 Å². The van der Waals surface area contributed by atoms with Crippen molar-refractivity contribution in [1.29, 1.82) is 0 Å². The largest absolute Gasteiger partial charge is 0.447 e. The molecule has 2 rings (SSSR count). The summed E-state index contributed by atoms with van der Waals surface area (Å²) in [5.41, 5.74) is 0.617. The lowest BCUT2D eigenvalue weighted by molar-refractivity contribution is -0.642. The van der Waals surface area contributed by atoms with Crippen LogP contribution in [0.3, 0.4) is 0 Å². The van der Waals surface area contributed by atoms with Gasteiger partial charge in [-0.05, 0) is 6.92 Å². The molecule has 0 amide bonds. The topological polar surface area (TPSA) is 42.9 Å². The first-order valence-corrected chi connectivity index (χ1v) is 6.44. The smallest absolute Gasteiger partial charge is 0.319 e. The van der Waals surface area contributed by atoms with E-state index in [9.17, 15) is 4.79 Å². The van der Waals surface area contributed by atoms with Crippen LogP contribution in [0.2, 0.25) is 0 Å². The molecule has 1 fully saturated rings. The van der Waals surface area contributed by atoms with E-state index in [-0.39, 0.29) is 11.2 Å². The van der Waals surface area contributed by atoms with Gasteiger partial charge in [0.2, 0.25) is 0 Å². The third-order valence-corrected chi connectivity index (χ3v) is 3.37. The summed E-state index contributed by atoms with van der Waals surface area (Å²) in [7, 11) is 0. The number of rotatable bonds is 3. The number of ether oxygens (including phenoxy) is 1. The highest BCUT2D eigenvalue weighted by Gasteiger charge is 2.43. The van der Waals surface area contributed by atoms with Gasteiger partial charge in [0, 0.05) is 12.0 Å². The van der Waals surface area contributed by atoms with Crippen molar-refractivity contribution in [3.8, 4) is 0 Å². The Labute approximate surface area is 107 Å². The summed E-state index contributed by atoms with van der Waals surface area (Å²) in [6.45, 7) is 3.52. The summed E-state index contributed by atoms with van der Waals surface area (Å²) in [6, 6.07) is 9.98. The maximum atomic E-state index is 11.8. The van der Waals surface area contributed by atoms with Gasteiger partial charge in [0.05, 0.1) is 11.8 Å². The van der Waals surface area contributed by atoms with Crippen LogP contribution in [-0.2, 0) is 15.1 Å². The second-order valence-electron chi connectivity index (χ2n) is 4.49. The molecule has 17 heavy (non-hydrogen) atoms. The molecule has 92 valence electrons. The lowest BCUT2D eigenvalue weighted by Crippen LogP contribution is -2.82. The van der Waals surface area contributed by atoms with Gasteiger partial charge in [-0.1, -0.05) is 30.3 Å². The fourth-order valence-corrected chi connectivity index (χ4v) is 2.26. The molecule has 1 saturated heterocycles. The summed E-state index contributed by atoms with van der Waals surface area (Å²) in [5, 5.41) is 1.81. The quantitative estimate of drug-likeness (QED) is 0.614. The highest BCUT2D eigenvalue weighted by atomic mass is 32.1. The van der Waals surface area contributed by atoms with E-state index < -0.39 is 5.60 Å². The maximum Gasteiger partial charge on any atom is 0.319 e. The Morgan fingerprint density at radius 3 is 2.71 bits per heavy atom. The normalized spacial score (nSPS) is 25.5. The number of hydrogen-bond donors (Lipinski definition) is 2. The van der Waals surface area contributed by atoms with Gasteiger partial charge in [-0.3, -0.25) is 4.79 Å². The average molecular weight is 252 g/mol. The van der Waals surface area contributed by atoms with Crippen LogP contribution in [0, 0.1) is 0 Å². The number of esters is 1. The summed E-state index contributed by atoms with van der Waals surface area (Å²) in [4.78, 5) is 11.8. The van der Waals surface area contributed by atoms with Crippen molar-refractivity contribution in [3.05, 3.63) is 35.9 Å². The standard InChI is InChI=1S/C13H17NO2S/c1-10(17)12(15)16-13(7-8-14-9-13)11-5-3-2-4-6-11/h2-6,10,14,17H,7-9H2,1H3/p+1. The van der Waals surface area contributed by atoms with Crippen molar-refractivity contribution >= 4 is 18.6 Å². The molecule has 2 atom stereocenters. The van der Waals surface area contributed by atoms with Crippen LogP contribution in [0.1, 0.15) is 18.9 Å². The van der Waals surface area contributed by atoms with E-state index in [2.05, 4.69) is 17.9 Å². The van der Waals surface area contributed by atoms with Crippen molar-refractivity contribution in [2.75, 3.05) is 13.1 Å². The molecular formula is C13H18NO2S+. The molecule has 0 radical (unpaired) electrons. The van der Waals surface area contributed by atoms with Crippen LogP contribution < -0.4 is 5.32 Å². The van der Waals surface area contributed by atoms with Gasteiger partial charge in [0.1, 0.15) is 6.54 Å². The molecule has 2 N–H and O–H groups in total. The van der Waals surface area contributed by atoms with E-state index in [0.717, 1.165) is 25.1 Å². The summed E-state index contributed by atoms with van der Waals surface area (Å²) in [5.74, 6) is -0.243. The second kappa shape index (κ2) is 5.10. The van der Waals surface area contributed by atoms with Gasteiger partial charge in [0.25, 0.3) is 0 Å². The van der Waals surface area contributed by atoms with Gasteiger partial charge in [-0.25, -0.2) is 0 Å². The first-order chi connectivity index (χ1) is 8.14. The summed E-state index contributed by atoms with van der Waals surface area (Å²) >= 11 is 4.13. The number of nitrogens with two attached hydrogens (primary N) is 1. The second-order valence-corrected chi connectivity index (χ2v) is 5.26. The fourth-order valence-electron chi connectivity index (χ4n) is 2.21. The molecule has 1 aliphatic heterocycles. The van der Waals surface area contributed by atoms with Gasteiger partial charge in [-0.15, -0.1) is 0 Å². The Balaban J connectivity index is 2.24. The third kappa shape index (κ3) is 2.64. The van der Waals surface area contributed by atoms with Gasteiger partial charge in [-0.2, -0.15) is 12.6 Å². The van der Waals surface area contributed by atoms with Crippen LogP contribution in [0.4, 0.5) is 0 Å². The first-order valence-electron chi connectivity index (χ1n) is 5.92. The maximum absolute atomic E-state index is 11.8. The minimum atomic E-state index is -0.463. The molecule has 0 bridgehead atoms. The number of hydrogen-bond acceptors (Lipinski definition) is 3. The van der Waals surface area contributed by atoms with Crippen molar-refractivity contribution in [3.63, 3.8) is 0 Å². The molecular weight excluding hydrogens is 234 g/mol. The summed E-state index contributed by atoms with van der Waals surface area (Å²) < 4.78 is 5.70. The van der Waals surface area contributed by atoms with E-state index in [1.165, 1.54) is 0 Å². The Bertz CT molecular complexity index is 386. The molecule has 2 unspecified atom stereocenters. The van der Waals surface area contributed by atoms with Crippen LogP contribution >= 0.6 is 12.6 Å². The van der Waals surface area contributed by atoms with E-state index in [1.807, 2.05) is 30.3 Å². The Morgan fingerprint density at radius 1 is 1.47 bits per heavy atom. The van der Waals surface area contributed by atoms with Crippen LogP contribution in [0.15, 0.2) is 30.3 Å². The van der Waals surface area contributed by atoms with Crippen molar-refractivity contribution in [2.45, 2.75) is 24.2 Å². The molecule has 1 aliphatic rings. The minimum absolute atomic E-state index is 0.243. The zero-order chi connectivity index (χ0) is 12.3. The lowest BCUT2D eigenvalue weighted by atomic mass is 9.92. The molecule has 1 heterocycles. The number of thiol groups is 1. The highest BCUT2D eigenvalue weighted by Crippen LogP contribution is 2.30. The van der Waals surface area contributed by atoms with E-state index in [1.54, 1.807) is 6.92 Å². The molecule has 3 nitrogen and oxygen atoms in total. The molecule has 4 heteroatoms. The number of carbonyl (C=O) groups is 1. The summed E-state index contributed by atoms with van der Waals surface area (Å²) in [6.07, 6.45) is 0.864. The van der Waals surface area contributed by atoms with Gasteiger partial charge >= 0.3 is 5.97 Å². The molecule has 0 spiro atoms. The first kappa shape index (κ1) is 12.5. The molecule has 1 aromatic carbocycles. The number of benzene rings is 1. The lowest BCUT2D eigenvalue weighted by Gasteiger charge is -2.27. The SMILES string of the molecule is CC(S)C(=O)OC1(c2ccccc2)CC[NH2+]C1. The molecule has 0 saturated carbocycles.